The predicted octanol–water partition coefficient (Wildman–Crippen LogP) is 4.76. The highest BCUT2D eigenvalue weighted by atomic mass is 32.1. The van der Waals surface area contributed by atoms with Crippen LogP contribution in [0.2, 0.25) is 0 Å². The van der Waals surface area contributed by atoms with Crippen LogP contribution >= 0.6 is 38.3 Å². The van der Waals surface area contributed by atoms with E-state index in [1.807, 2.05) is 55.5 Å². The zero-order valence-corrected chi connectivity index (χ0v) is 26.4. The molecule has 1 aliphatic heterocycles. The molecular formula is C31H32N4O5S3. The average molecular weight is 637 g/mol. The molecule has 1 amide bonds. The average Bonchev–Trinajstić information content (AvgIpc) is 3.56. The van der Waals surface area contributed by atoms with Crippen LogP contribution < -0.4 is 15.0 Å². The van der Waals surface area contributed by atoms with Crippen LogP contribution in [-0.4, -0.2) is 56.8 Å². The Morgan fingerprint density at radius 3 is 2.60 bits per heavy atom. The van der Waals surface area contributed by atoms with Crippen molar-refractivity contribution in [3.05, 3.63) is 94.0 Å². The number of rotatable bonds is 7. The van der Waals surface area contributed by atoms with E-state index in [0.717, 1.165) is 11.3 Å². The zero-order valence-electron chi connectivity index (χ0n) is 23.6. The molecule has 224 valence electrons. The van der Waals surface area contributed by atoms with E-state index in [0.29, 0.717) is 50.3 Å². The van der Waals surface area contributed by atoms with Crippen LogP contribution in [0.3, 0.4) is 0 Å². The van der Waals surface area contributed by atoms with Gasteiger partial charge < -0.3 is 19.5 Å². The monoisotopic (exact) mass is 636 g/mol. The van der Waals surface area contributed by atoms with E-state index in [4.69, 9.17) is 9.47 Å². The molecule has 2 atom stereocenters. The van der Waals surface area contributed by atoms with Gasteiger partial charge in [-0.1, -0.05) is 24.8 Å². The molecule has 4 heterocycles. The Bertz CT molecular complexity index is 1910. The largest absolute Gasteiger partial charge is 0.511 e. The summed E-state index contributed by atoms with van der Waals surface area (Å²) in [4.78, 5) is 37.0. The fourth-order valence-corrected chi connectivity index (χ4v) is 6.54. The number of hydrogen-bond acceptors (Lipinski definition) is 8. The molecule has 1 aliphatic rings. The topological polar surface area (TPSA) is 107 Å². The maximum atomic E-state index is 13.5. The Morgan fingerprint density at radius 1 is 1.14 bits per heavy atom. The Morgan fingerprint density at radius 2 is 1.91 bits per heavy atom. The Kier molecular flexibility index (Phi) is 9.86. The van der Waals surface area contributed by atoms with E-state index in [2.05, 4.69) is 16.5 Å². The molecule has 1 N–H and O–H groups in total. The fraction of sp³-hybridized carbons (Fsp3) is 0.226. The van der Waals surface area contributed by atoms with Crippen molar-refractivity contribution in [2.75, 3.05) is 20.2 Å². The summed E-state index contributed by atoms with van der Waals surface area (Å²) < 4.78 is 13.6. The summed E-state index contributed by atoms with van der Waals surface area (Å²) in [6.45, 7) is 6.35. The number of amides is 1. The molecule has 2 aromatic carbocycles. The van der Waals surface area contributed by atoms with Crippen molar-refractivity contribution in [2.45, 2.75) is 19.4 Å². The number of aliphatic hydroxyl groups is 1. The second-order valence-electron chi connectivity index (χ2n) is 10.0. The van der Waals surface area contributed by atoms with E-state index >= 15 is 0 Å². The number of methoxy groups -OCH3 is 1. The maximum absolute atomic E-state index is 13.5. The van der Waals surface area contributed by atoms with Gasteiger partial charge in [0, 0.05) is 38.7 Å². The van der Waals surface area contributed by atoms with Gasteiger partial charge in [0.1, 0.15) is 27.6 Å². The SMILES string of the molecule is C=CC(=O)N1C[C@H](CC(O)=c2sc3nccc4c3c2nc(=O)n4-c2ccc(Oc3ccccc3)cc2C)[C@@H](OC)C1.S.S. The molecule has 0 radical (unpaired) electrons. The third kappa shape index (κ3) is 6.00. The lowest BCUT2D eigenvalue weighted by molar-refractivity contribution is -0.125. The summed E-state index contributed by atoms with van der Waals surface area (Å²) >= 11 is 1.29. The molecule has 9 nitrogen and oxygen atoms in total. The number of carbonyl (C=O) groups is 1. The molecule has 0 spiro atoms. The van der Waals surface area contributed by atoms with Crippen molar-refractivity contribution in [3.8, 4) is 17.2 Å². The fourth-order valence-electron chi connectivity index (χ4n) is 5.48. The van der Waals surface area contributed by atoms with E-state index < -0.39 is 5.69 Å². The summed E-state index contributed by atoms with van der Waals surface area (Å²) in [7, 11) is 1.60. The quantitative estimate of drug-likeness (QED) is 0.257. The summed E-state index contributed by atoms with van der Waals surface area (Å²) in [5.74, 6) is 1.18. The van der Waals surface area contributed by atoms with E-state index in [-0.39, 0.29) is 57.1 Å². The molecular weight excluding hydrogens is 605 g/mol. The van der Waals surface area contributed by atoms with Crippen LogP contribution in [0.1, 0.15) is 12.0 Å². The number of likely N-dealkylation sites (tertiary alicyclic amines) is 1. The second kappa shape index (κ2) is 13.2. The van der Waals surface area contributed by atoms with Gasteiger partial charge in [0.25, 0.3) is 0 Å². The van der Waals surface area contributed by atoms with Crippen molar-refractivity contribution >= 4 is 71.2 Å². The minimum absolute atomic E-state index is 0. The van der Waals surface area contributed by atoms with Crippen molar-refractivity contribution in [3.63, 3.8) is 0 Å². The number of ether oxygens (including phenoxy) is 2. The van der Waals surface area contributed by atoms with Gasteiger partial charge in [0.15, 0.2) is 0 Å². The zero-order chi connectivity index (χ0) is 28.7. The lowest BCUT2D eigenvalue weighted by Crippen LogP contribution is -2.28. The minimum Gasteiger partial charge on any atom is -0.511 e. The smallest absolute Gasteiger partial charge is 0.353 e. The third-order valence-corrected chi connectivity index (χ3v) is 8.60. The first-order valence-corrected chi connectivity index (χ1v) is 14.0. The van der Waals surface area contributed by atoms with Crippen LogP contribution in [0.5, 0.6) is 11.5 Å². The second-order valence-corrected chi connectivity index (χ2v) is 11.0. The van der Waals surface area contributed by atoms with Crippen LogP contribution in [0.25, 0.3) is 32.7 Å². The number of aliphatic hydroxyl groups excluding tert-OH is 1. The van der Waals surface area contributed by atoms with Crippen LogP contribution in [0.15, 0.2) is 78.2 Å². The number of aryl methyl sites for hydroxylation is 1. The number of aromatic nitrogens is 3. The van der Waals surface area contributed by atoms with Gasteiger partial charge in [-0.05, 0) is 55.0 Å². The van der Waals surface area contributed by atoms with Gasteiger partial charge in [0.2, 0.25) is 5.91 Å². The Hall–Kier alpha value is -3.84. The summed E-state index contributed by atoms with van der Waals surface area (Å²) in [6, 6.07) is 16.8. The molecule has 6 rings (SSSR count). The molecule has 0 saturated carbocycles. The van der Waals surface area contributed by atoms with E-state index in [1.54, 1.807) is 28.8 Å². The lowest BCUT2D eigenvalue weighted by Gasteiger charge is -2.15. The molecule has 0 unspecified atom stereocenters. The van der Waals surface area contributed by atoms with Gasteiger partial charge in [-0.2, -0.15) is 32.0 Å². The van der Waals surface area contributed by atoms with Crippen molar-refractivity contribution in [1.29, 1.82) is 0 Å². The molecule has 0 aliphatic carbocycles. The molecule has 1 fully saturated rings. The van der Waals surface area contributed by atoms with Gasteiger partial charge in [-0.15, -0.1) is 11.3 Å². The highest BCUT2D eigenvalue weighted by molar-refractivity contribution is 7.59. The number of carbonyl (C=O) groups excluding carboxylic acids is 1. The number of pyridine rings is 1. The Labute approximate surface area is 266 Å². The number of benzene rings is 2. The standard InChI is InChI=1S/C31H28N4O5S.2H2S/c1-4-26(37)34-16-19(25(17-34)39-3)15-24(36)29-28-27-23(12-13-32-30(27)41-29)35(31(38)33-28)22-11-10-21(14-18(22)2)40-20-8-6-5-7-9-20;;/h4-14,19,25,36H,1,15-17H2,2-3H3;2*1H2/t19-,25-;;/m0../s1. The molecule has 5 aromatic rings. The van der Waals surface area contributed by atoms with Crippen LogP contribution in [-0.2, 0) is 9.53 Å². The number of hydrogen-bond donors (Lipinski definition) is 1. The first-order valence-electron chi connectivity index (χ1n) is 13.2. The van der Waals surface area contributed by atoms with Crippen LogP contribution in [0.4, 0.5) is 0 Å². The van der Waals surface area contributed by atoms with Gasteiger partial charge >= 0.3 is 5.69 Å². The number of para-hydroxylation sites is 1. The highest BCUT2D eigenvalue weighted by Crippen LogP contribution is 2.31. The molecule has 43 heavy (non-hydrogen) atoms. The van der Waals surface area contributed by atoms with E-state index in [9.17, 15) is 14.7 Å². The van der Waals surface area contributed by atoms with Gasteiger partial charge in [-0.3, -0.25) is 9.36 Å². The van der Waals surface area contributed by atoms with Gasteiger partial charge in [0.05, 0.1) is 27.2 Å². The van der Waals surface area contributed by atoms with Crippen LogP contribution in [0, 0.1) is 12.8 Å². The third-order valence-electron chi connectivity index (χ3n) is 7.46. The van der Waals surface area contributed by atoms with Crippen molar-refractivity contribution in [1.82, 2.24) is 19.4 Å². The maximum Gasteiger partial charge on any atom is 0.353 e. The van der Waals surface area contributed by atoms with Crippen molar-refractivity contribution < 1.29 is 19.4 Å². The molecule has 0 bridgehead atoms. The summed E-state index contributed by atoms with van der Waals surface area (Å²) in [5, 5.41) is 12.0. The summed E-state index contributed by atoms with van der Waals surface area (Å²) in [5.41, 5.74) is 2.12. The molecule has 1 saturated heterocycles. The Balaban J connectivity index is 0.00000212. The summed E-state index contributed by atoms with van der Waals surface area (Å²) in [6.07, 6.45) is 2.98. The van der Waals surface area contributed by atoms with Crippen molar-refractivity contribution in [2.24, 2.45) is 5.92 Å². The lowest BCUT2D eigenvalue weighted by atomic mass is 10.0. The first-order chi connectivity index (χ1) is 19.9. The molecule has 12 heteroatoms. The number of thiophene rings is 1. The normalized spacial score (nSPS) is 16.9. The molecule has 3 aromatic heterocycles. The van der Waals surface area contributed by atoms with E-state index in [1.165, 1.54) is 17.4 Å². The predicted molar refractivity (Wildman–Crippen MR) is 179 cm³/mol. The van der Waals surface area contributed by atoms with Gasteiger partial charge in [-0.25, -0.2) is 9.78 Å². The number of nitrogens with zero attached hydrogens (tertiary/aromatic N) is 4. The first kappa shape index (κ1) is 32.1. The highest BCUT2D eigenvalue weighted by Gasteiger charge is 2.35. The minimum atomic E-state index is -0.462.